The lowest BCUT2D eigenvalue weighted by atomic mass is 10.2. The molecule has 0 bridgehead atoms. The summed E-state index contributed by atoms with van der Waals surface area (Å²) in [5, 5.41) is 14.5. The normalized spacial score (nSPS) is 18.4. The number of amides is 1. The first-order valence-electron chi connectivity index (χ1n) is 6.74. The molecule has 1 aromatic rings. The van der Waals surface area contributed by atoms with E-state index in [9.17, 15) is 4.79 Å². The number of nitrogens with one attached hydrogen (secondary N) is 2. The van der Waals surface area contributed by atoms with E-state index in [-0.39, 0.29) is 5.91 Å². The van der Waals surface area contributed by atoms with Gasteiger partial charge in [-0.25, -0.2) is 0 Å². The van der Waals surface area contributed by atoms with Gasteiger partial charge in [0, 0.05) is 19.0 Å². The van der Waals surface area contributed by atoms with Gasteiger partial charge >= 0.3 is 0 Å². The van der Waals surface area contributed by atoms with Crippen LogP contribution in [0, 0.1) is 0 Å². The molecule has 3 rings (SSSR count). The van der Waals surface area contributed by atoms with Crippen LogP contribution in [0.5, 0.6) is 0 Å². The molecule has 1 amide bonds. The Bertz CT molecular complexity index is 438. The zero-order chi connectivity index (χ0) is 12.4. The first-order chi connectivity index (χ1) is 8.83. The van der Waals surface area contributed by atoms with E-state index >= 15 is 0 Å². The van der Waals surface area contributed by atoms with Crippen LogP contribution in [-0.2, 0) is 24.3 Å². The third-order valence-corrected chi connectivity index (χ3v) is 3.45. The van der Waals surface area contributed by atoms with Crippen molar-refractivity contribution in [2.75, 3.05) is 6.54 Å². The van der Waals surface area contributed by atoms with Crippen LogP contribution in [-0.4, -0.2) is 33.3 Å². The molecule has 1 fully saturated rings. The smallest absolute Gasteiger partial charge is 0.234 e. The van der Waals surface area contributed by atoms with Crippen molar-refractivity contribution in [3.63, 3.8) is 0 Å². The molecule has 0 saturated heterocycles. The van der Waals surface area contributed by atoms with Crippen molar-refractivity contribution in [2.24, 2.45) is 0 Å². The van der Waals surface area contributed by atoms with Crippen molar-refractivity contribution in [3.8, 4) is 0 Å². The van der Waals surface area contributed by atoms with Gasteiger partial charge in [0.05, 0.1) is 13.1 Å². The lowest BCUT2D eigenvalue weighted by Crippen LogP contribution is -2.35. The average molecular weight is 249 g/mol. The van der Waals surface area contributed by atoms with Gasteiger partial charge < -0.3 is 15.2 Å². The van der Waals surface area contributed by atoms with Crippen LogP contribution in [0.1, 0.15) is 37.3 Å². The number of hydrogen-bond donors (Lipinski definition) is 2. The van der Waals surface area contributed by atoms with E-state index in [2.05, 4.69) is 25.4 Å². The molecule has 98 valence electrons. The van der Waals surface area contributed by atoms with Gasteiger partial charge in [0.1, 0.15) is 11.6 Å². The summed E-state index contributed by atoms with van der Waals surface area (Å²) < 4.78 is 2.18. The lowest BCUT2D eigenvalue weighted by Gasteiger charge is -2.14. The molecule has 0 aromatic carbocycles. The molecule has 1 aliphatic heterocycles. The van der Waals surface area contributed by atoms with Crippen molar-refractivity contribution >= 4 is 5.91 Å². The van der Waals surface area contributed by atoms with Crippen LogP contribution >= 0.6 is 0 Å². The summed E-state index contributed by atoms with van der Waals surface area (Å²) in [5.74, 6) is 2.11. The molecule has 6 nitrogen and oxygen atoms in total. The first kappa shape index (κ1) is 11.6. The fourth-order valence-corrected chi connectivity index (χ4v) is 2.29. The van der Waals surface area contributed by atoms with Gasteiger partial charge in [-0.1, -0.05) is 0 Å². The number of aryl methyl sites for hydroxylation is 1. The summed E-state index contributed by atoms with van der Waals surface area (Å²) >= 11 is 0. The number of rotatable bonds is 5. The van der Waals surface area contributed by atoms with Crippen LogP contribution in [0.3, 0.4) is 0 Å². The molecule has 6 heteroatoms. The van der Waals surface area contributed by atoms with E-state index in [1.54, 1.807) is 0 Å². The topological polar surface area (TPSA) is 71.8 Å². The Morgan fingerprint density at radius 3 is 3.06 bits per heavy atom. The second kappa shape index (κ2) is 5.06. The van der Waals surface area contributed by atoms with Gasteiger partial charge in [0.2, 0.25) is 5.91 Å². The van der Waals surface area contributed by atoms with E-state index in [0.717, 1.165) is 37.5 Å². The van der Waals surface area contributed by atoms with Gasteiger partial charge in [-0.2, -0.15) is 0 Å². The molecule has 0 spiro atoms. The number of fused-ring (bicyclic) bond motifs is 1. The monoisotopic (exact) mass is 249 g/mol. The van der Waals surface area contributed by atoms with Crippen molar-refractivity contribution < 1.29 is 4.79 Å². The highest BCUT2D eigenvalue weighted by atomic mass is 16.2. The zero-order valence-electron chi connectivity index (χ0n) is 10.5. The van der Waals surface area contributed by atoms with Crippen molar-refractivity contribution in [1.82, 2.24) is 25.4 Å². The second-order valence-electron chi connectivity index (χ2n) is 5.09. The van der Waals surface area contributed by atoms with Crippen molar-refractivity contribution in [3.05, 3.63) is 11.6 Å². The number of hydrogen-bond acceptors (Lipinski definition) is 4. The number of carbonyl (C=O) groups excluding carboxylic acids is 1. The minimum Gasteiger partial charge on any atom is -0.352 e. The number of carbonyl (C=O) groups is 1. The predicted octanol–water partition coefficient (Wildman–Crippen LogP) is -0.0174. The fourth-order valence-electron chi connectivity index (χ4n) is 2.29. The third-order valence-electron chi connectivity index (χ3n) is 3.45. The highest BCUT2D eigenvalue weighted by molar-refractivity contribution is 5.78. The molecule has 2 heterocycles. The van der Waals surface area contributed by atoms with E-state index in [1.165, 1.54) is 12.8 Å². The molecule has 18 heavy (non-hydrogen) atoms. The average Bonchev–Trinajstić information content (AvgIpc) is 3.09. The first-order valence-corrected chi connectivity index (χ1v) is 6.74. The third kappa shape index (κ3) is 2.69. The van der Waals surface area contributed by atoms with Gasteiger partial charge in [-0.05, 0) is 25.7 Å². The summed E-state index contributed by atoms with van der Waals surface area (Å²) in [6.45, 7) is 1.98. The number of aromatic nitrogens is 3. The maximum Gasteiger partial charge on any atom is 0.234 e. The van der Waals surface area contributed by atoms with Crippen LogP contribution in [0.15, 0.2) is 0 Å². The van der Waals surface area contributed by atoms with Crippen LogP contribution in [0.4, 0.5) is 0 Å². The van der Waals surface area contributed by atoms with Crippen molar-refractivity contribution in [1.29, 1.82) is 0 Å². The van der Waals surface area contributed by atoms with E-state index < -0.39 is 0 Å². The molecular formula is C12H19N5O. The predicted molar refractivity (Wildman–Crippen MR) is 65.8 cm³/mol. The molecule has 1 aliphatic carbocycles. The minimum absolute atomic E-state index is 0.0795. The molecule has 2 N–H and O–H groups in total. The van der Waals surface area contributed by atoms with Gasteiger partial charge in [0.25, 0.3) is 0 Å². The minimum atomic E-state index is 0.0795. The Morgan fingerprint density at radius 1 is 1.33 bits per heavy atom. The number of nitrogens with zero attached hydrogens (tertiary/aromatic N) is 3. The Morgan fingerprint density at radius 2 is 2.22 bits per heavy atom. The highest BCUT2D eigenvalue weighted by Crippen LogP contribution is 2.18. The summed E-state index contributed by atoms with van der Waals surface area (Å²) in [7, 11) is 0. The summed E-state index contributed by atoms with van der Waals surface area (Å²) in [5.41, 5.74) is 0. The van der Waals surface area contributed by atoms with Crippen molar-refractivity contribution in [2.45, 2.75) is 51.2 Å². The maximum absolute atomic E-state index is 11.5. The maximum atomic E-state index is 11.5. The molecule has 2 aliphatic rings. The van der Waals surface area contributed by atoms with E-state index in [4.69, 9.17) is 0 Å². The Balaban J connectivity index is 1.47. The summed E-state index contributed by atoms with van der Waals surface area (Å²) in [6, 6.07) is 0.431. The quantitative estimate of drug-likeness (QED) is 0.769. The second-order valence-corrected chi connectivity index (χ2v) is 5.09. The molecule has 0 unspecified atom stereocenters. The van der Waals surface area contributed by atoms with E-state index in [1.807, 2.05) is 0 Å². The van der Waals surface area contributed by atoms with Gasteiger partial charge in [-0.3, -0.25) is 4.79 Å². The standard InChI is InChI=1S/C12H19N5O/c18-12(14-9-4-5-9)8-13-7-11-16-15-10-3-1-2-6-17(10)11/h9,13H,1-8H2,(H,14,18). The van der Waals surface area contributed by atoms with Gasteiger partial charge in [0.15, 0.2) is 0 Å². The Hall–Kier alpha value is -1.43. The van der Waals surface area contributed by atoms with Gasteiger partial charge in [-0.15, -0.1) is 10.2 Å². The largest absolute Gasteiger partial charge is 0.352 e. The highest BCUT2D eigenvalue weighted by Gasteiger charge is 2.23. The molecule has 0 atom stereocenters. The summed E-state index contributed by atoms with van der Waals surface area (Å²) in [4.78, 5) is 11.5. The van der Waals surface area contributed by atoms with Crippen LogP contribution in [0.25, 0.3) is 0 Å². The summed E-state index contributed by atoms with van der Waals surface area (Å²) in [6.07, 6.45) is 5.68. The molecule has 1 saturated carbocycles. The van der Waals surface area contributed by atoms with Crippen LogP contribution < -0.4 is 10.6 Å². The molecule has 0 radical (unpaired) electrons. The molecule has 1 aromatic heterocycles. The van der Waals surface area contributed by atoms with E-state index in [0.29, 0.717) is 19.1 Å². The Kier molecular flexibility index (Phi) is 3.27. The van der Waals surface area contributed by atoms with Crippen LogP contribution in [0.2, 0.25) is 0 Å². The lowest BCUT2D eigenvalue weighted by molar-refractivity contribution is -0.120. The fraction of sp³-hybridized carbons (Fsp3) is 0.750. The SMILES string of the molecule is O=C(CNCc1nnc2n1CCCC2)NC1CC1. The Labute approximate surface area is 106 Å². The zero-order valence-corrected chi connectivity index (χ0v) is 10.5. The molecular weight excluding hydrogens is 230 g/mol.